The van der Waals surface area contributed by atoms with Crippen LogP contribution in [0.1, 0.15) is 26.2 Å². The molecule has 7 heteroatoms. The lowest BCUT2D eigenvalue weighted by atomic mass is 10.2. The molecule has 0 radical (unpaired) electrons. The second-order valence-corrected chi connectivity index (χ2v) is 7.08. The predicted octanol–water partition coefficient (Wildman–Crippen LogP) is 1.80. The molecule has 1 aliphatic carbocycles. The Kier molecular flexibility index (Phi) is 5.76. The third kappa shape index (κ3) is 4.52. The highest BCUT2D eigenvalue weighted by atomic mass is 19.1. The number of hydrogen-bond donors (Lipinski definition) is 1. The Morgan fingerprint density at radius 2 is 1.81 bits per heavy atom. The Morgan fingerprint density at radius 1 is 1.19 bits per heavy atom. The van der Waals surface area contributed by atoms with Crippen molar-refractivity contribution < 1.29 is 19.1 Å². The van der Waals surface area contributed by atoms with Crippen LogP contribution in [0.4, 0.5) is 10.1 Å². The van der Waals surface area contributed by atoms with E-state index in [4.69, 9.17) is 0 Å². The normalized spacial score (nSPS) is 18.9. The maximum atomic E-state index is 13.0. The molecule has 26 heavy (non-hydrogen) atoms. The first-order valence-electron chi connectivity index (χ1n) is 9.22. The number of carbonyl (C=O) groups excluding carboxylic acids is 1. The summed E-state index contributed by atoms with van der Waals surface area (Å²) >= 11 is 0. The monoisotopic (exact) mass is 363 g/mol. The van der Waals surface area contributed by atoms with E-state index >= 15 is 0 Å². The van der Waals surface area contributed by atoms with E-state index in [0.29, 0.717) is 32.1 Å². The van der Waals surface area contributed by atoms with Crippen molar-refractivity contribution in [3.05, 3.63) is 30.1 Å². The second kappa shape index (κ2) is 8.03. The van der Waals surface area contributed by atoms with E-state index in [1.807, 2.05) is 9.80 Å². The summed E-state index contributed by atoms with van der Waals surface area (Å²) in [6.45, 7) is 4.88. The summed E-state index contributed by atoms with van der Waals surface area (Å²) in [6.07, 6.45) is 2.38. The highest BCUT2D eigenvalue weighted by Crippen LogP contribution is 2.29. The number of carbonyl (C=O) groups is 2. The number of carboxylic acids is 1. The van der Waals surface area contributed by atoms with E-state index in [9.17, 15) is 19.1 Å². The summed E-state index contributed by atoms with van der Waals surface area (Å²) in [5.74, 6) is -1.01. The first-order valence-corrected chi connectivity index (χ1v) is 9.22. The average Bonchev–Trinajstić information content (AvgIpc) is 3.47. The van der Waals surface area contributed by atoms with Crippen molar-refractivity contribution >= 4 is 17.6 Å². The number of rotatable bonds is 7. The molecule has 1 aliphatic heterocycles. The van der Waals surface area contributed by atoms with Crippen molar-refractivity contribution in [2.45, 2.75) is 38.3 Å². The number of aliphatic carboxylic acids is 1. The molecule has 0 aromatic heterocycles. The summed E-state index contributed by atoms with van der Waals surface area (Å²) in [5.41, 5.74) is 0.966. The summed E-state index contributed by atoms with van der Waals surface area (Å²) in [7, 11) is 0. The average molecular weight is 363 g/mol. The standard InChI is InChI=1S/C19H26FN3O3/c1-14(19(25)26)23(17-6-7-17)9-8-18(24)22-12-10-21(11-13-22)16-4-2-15(20)3-5-16/h2-5,14,17H,6-13H2,1H3,(H,25,26). The number of piperazine rings is 1. The third-order valence-corrected chi connectivity index (χ3v) is 5.28. The van der Waals surface area contributed by atoms with Gasteiger partial charge in [0.1, 0.15) is 11.9 Å². The fraction of sp³-hybridized carbons (Fsp3) is 0.579. The summed E-state index contributed by atoms with van der Waals surface area (Å²) in [4.78, 5) is 29.7. The predicted molar refractivity (Wildman–Crippen MR) is 96.6 cm³/mol. The lowest BCUT2D eigenvalue weighted by Crippen LogP contribution is -2.50. The van der Waals surface area contributed by atoms with Gasteiger partial charge in [0.15, 0.2) is 0 Å². The van der Waals surface area contributed by atoms with Gasteiger partial charge in [-0.15, -0.1) is 0 Å². The zero-order valence-electron chi connectivity index (χ0n) is 15.1. The van der Waals surface area contributed by atoms with E-state index in [1.165, 1.54) is 12.1 Å². The quantitative estimate of drug-likeness (QED) is 0.800. The number of amides is 1. The van der Waals surface area contributed by atoms with Crippen LogP contribution >= 0.6 is 0 Å². The molecule has 0 bridgehead atoms. The molecule has 3 rings (SSSR count). The second-order valence-electron chi connectivity index (χ2n) is 7.08. The smallest absolute Gasteiger partial charge is 0.320 e. The minimum atomic E-state index is -0.836. The number of halogens is 1. The molecule has 1 unspecified atom stereocenters. The van der Waals surface area contributed by atoms with Crippen molar-refractivity contribution in [3.8, 4) is 0 Å². The highest BCUT2D eigenvalue weighted by Gasteiger charge is 2.35. The van der Waals surface area contributed by atoms with Gasteiger partial charge in [-0.25, -0.2) is 4.39 Å². The summed E-state index contributed by atoms with van der Waals surface area (Å²) < 4.78 is 13.0. The van der Waals surface area contributed by atoms with E-state index in [2.05, 4.69) is 4.90 Å². The minimum Gasteiger partial charge on any atom is -0.480 e. The van der Waals surface area contributed by atoms with Crippen molar-refractivity contribution in [2.75, 3.05) is 37.6 Å². The van der Waals surface area contributed by atoms with Crippen LogP contribution in [0.2, 0.25) is 0 Å². The SMILES string of the molecule is CC(C(=O)O)N(CCC(=O)N1CCN(c2ccc(F)cc2)CC1)C1CC1. The number of hydrogen-bond acceptors (Lipinski definition) is 4. The molecule has 1 aromatic rings. The Balaban J connectivity index is 1.47. The van der Waals surface area contributed by atoms with Crippen LogP contribution in [0, 0.1) is 5.82 Å². The minimum absolute atomic E-state index is 0.0759. The largest absolute Gasteiger partial charge is 0.480 e. The van der Waals surface area contributed by atoms with Crippen molar-refractivity contribution in [2.24, 2.45) is 0 Å². The maximum Gasteiger partial charge on any atom is 0.320 e. The Morgan fingerprint density at radius 3 is 2.35 bits per heavy atom. The summed E-state index contributed by atoms with van der Waals surface area (Å²) in [6, 6.07) is 6.17. The maximum absolute atomic E-state index is 13.0. The number of nitrogens with zero attached hydrogens (tertiary/aromatic N) is 3. The van der Waals surface area contributed by atoms with Crippen molar-refractivity contribution in [1.82, 2.24) is 9.80 Å². The van der Waals surface area contributed by atoms with Gasteiger partial charge in [0.2, 0.25) is 5.91 Å². The van der Waals surface area contributed by atoms with Gasteiger partial charge in [0.25, 0.3) is 0 Å². The Hall–Kier alpha value is -2.15. The fourth-order valence-electron chi connectivity index (χ4n) is 3.49. The zero-order chi connectivity index (χ0) is 18.7. The van der Waals surface area contributed by atoms with E-state index in [0.717, 1.165) is 31.6 Å². The first-order chi connectivity index (χ1) is 12.5. The molecule has 1 N–H and O–H groups in total. The lowest BCUT2D eigenvalue weighted by molar-refractivity contribution is -0.143. The molecule has 1 aromatic carbocycles. The first kappa shape index (κ1) is 18.6. The van der Waals surface area contributed by atoms with Gasteiger partial charge in [-0.3, -0.25) is 14.5 Å². The molecular formula is C19H26FN3O3. The van der Waals surface area contributed by atoms with Crippen LogP contribution < -0.4 is 4.90 Å². The van der Waals surface area contributed by atoms with E-state index in [1.54, 1.807) is 19.1 Å². The van der Waals surface area contributed by atoms with Gasteiger partial charge in [0.05, 0.1) is 0 Å². The molecule has 1 atom stereocenters. The lowest BCUT2D eigenvalue weighted by Gasteiger charge is -2.36. The summed E-state index contributed by atoms with van der Waals surface area (Å²) in [5, 5.41) is 9.23. The topological polar surface area (TPSA) is 64.1 Å². The van der Waals surface area contributed by atoms with Gasteiger partial charge in [-0.05, 0) is 44.0 Å². The van der Waals surface area contributed by atoms with Crippen LogP contribution in [0.5, 0.6) is 0 Å². The Bertz CT molecular complexity index is 640. The molecule has 1 amide bonds. The van der Waals surface area contributed by atoms with Gasteiger partial charge >= 0.3 is 5.97 Å². The molecule has 142 valence electrons. The third-order valence-electron chi connectivity index (χ3n) is 5.28. The van der Waals surface area contributed by atoms with Crippen molar-refractivity contribution in [1.29, 1.82) is 0 Å². The van der Waals surface area contributed by atoms with Gasteiger partial charge in [0, 0.05) is 50.9 Å². The molecule has 1 saturated carbocycles. The van der Waals surface area contributed by atoms with Crippen LogP contribution in [0.3, 0.4) is 0 Å². The zero-order valence-corrected chi connectivity index (χ0v) is 15.1. The van der Waals surface area contributed by atoms with Gasteiger partial charge < -0.3 is 14.9 Å². The van der Waals surface area contributed by atoms with E-state index < -0.39 is 12.0 Å². The molecule has 0 spiro atoms. The van der Waals surface area contributed by atoms with Crippen LogP contribution in [-0.2, 0) is 9.59 Å². The molecule has 1 saturated heterocycles. The number of carboxylic acid groups (broad SMARTS) is 1. The molecule has 2 aliphatic rings. The molecule has 6 nitrogen and oxygen atoms in total. The number of benzene rings is 1. The van der Waals surface area contributed by atoms with Crippen LogP contribution in [-0.4, -0.2) is 71.6 Å². The van der Waals surface area contributed by atoms with Gasteiger partial charge in [-0.2, -0.15) is 0 Å². The molecule has 2 fully saturated rings. The van der Waals surface area contributed by atoms with Gasteiger partial charge in [-0.1, -0.05) is 0 Å². The highest BCUT2D eigenvalue weighted by molar-refractivity contribution is 5.77. The molecule has 1 heterocycles. The van der Waals surface area contributed by atoms with Crippen LogP contribution in [0.15, 0.2) is 24.3 Å². The number of anilines is 1. The Labute approximate surface area is 153 Å². The fourth-order valence-corrected chi connectivity index (χ4v) is 3.49. The van der Waals surface area contributed by atoms with E-state index in [-0.39, 0.29) is 11.7 Å². The molecular weight excluding hydrogens is 337 g/mol. The van der Waals surface area contributed by atoms with Crippen LogP contribution in [0.25, 0.3) is 0 Å². The van der Waals surface area contributed by atoms with Crippen molar-refractivity contribution in [3.63, 3.8) is 0 Å².